The maximum absolute atomic E-state index is 8.94. The summed E-state index contributed by atoms with van der Waals surface area (Å²) in [6, 6.07) is 6.90. The summed E-state index contributed by atoms with van der Waals surface area (Å²) >= 11 is 7.15. The zero-order valence-corrected chi connectivity index (χ0v) is 10.4. The van der Waals surface area contributed by atoms with Crippen LogP contribution in [0.3, 0.4) is 0 Å². The SMILES string of the molecule is OB(O)c1ccc(NCc2cnc(Cl)s2)cc1. The van der Waals surface area contributed by atoms with Gasteiger partial charge in [-0.1, -0.05) is 23.7 Å². The molecule has 0 unspecified atom stereocenters. The van der Waals surface area contributed by atoms with Crippen molar-refractivity contribution in [1.82, 2.24) is 4.98 Å². The third kappa shape index (κ3) is 3.44. The van der Waals surface area contributed by atoms with Crippen LogP contribution in [-0.4, -0.2) is 22.2 Å². The van der Waals surface area contributed by atoms with Gasteiger partial charge in [0, 0.05) is 16.8 Å². The average Bonchev–Trinajstić information content (AvgIpc) is 2.73. The third-order valence-corrected chi connectivity index (χ3v) is 3.32. The number of hydrogen-bond acceptors (Lipinski definition) is 5. The molecule has 3 N–H and O–H groups in total. The lowest BCUT2D eigenvalue weighted by Crippen LogP contribution is -2.29. The van der Waals surface area contributed by atoms with Crippen LogP contribution in [0.25, 0.3) is 0 Å². The van der Waals surface area contributed by atoms with Gasteiger partial charge in [0.25, 0.3) is 0 Å². The molecule has 2 aromatic rings. The Kier molecular flexibility index (Phi) is 4.01. The number of halogens is 1. The molecule has 0 saturated carbocycles. The largest absolute Gasteiger partial charge is 0.488 e. The number of anilines is 1. The van der Waals surface area contributed by atoms with Crippen LogP contribution in [-0.2, 0) is 6.54 Å². The summed E-state index contributed by atoms with van der Waals surface area (Å²) in [6.07, 6.45) is 1.73. The average molecular weight is 269 g/mol. The highest BCUT2D eigenvalue weighted by atomic mass is 35.5. The Morgan fingerprint density at radius 2 is 2.00 bits per heavy atom. The standard InChI is InChI=1S/C10H10BClN2O2S/c12-10-14-6-9(17-10)5-13-8-3-1-7(2-4-8)11(15)16/h1-4,6,13,15-16H,5H2. The van der Waals surface area contributed by atoms with Crippen molar-refractivity contribution in [1.29, 1.82) is 0 Å². The monoisotopic (exact) mass is 268 g/mol. The number of aromatic nitrogens is 1. The van der Waals surface area contributed by atoms with E-state index < -0.39 is 7.12 Å². The number of nitrogens with zero attached hydrogens (tertiary/aromatic N) is 1. The minimum atomic E-state index is -1.43. The fourth-order valence-electron chi connectivity index (χ4n) is 1.33. The van der Waals surface area contributed by atoms with Gasteiger partial charge in [0.15, 0.2) is 4.47 Å². The molecule has 0 aliphatic rings. The number of rotatable bonds is 4. The molecule has 0 bridgehead atoms. The topological polar surface area (TPSA) is 65.4 Å². The maximum atomic E-state index is 8.94. The van der Waals surface area contributed by atoms with Gasteiger partial charge in [-0.3, -0.25) is 0 Å². The van der Waals surface area contributed by atoms with Gasteiger partial charge in [0.1, 0.15) is 0 Å². The second-order valence-corrected chi connectivity index (χ2v) is 5.13. The third-order valence-electron chi connectivity index (χ3n) is 2.20. The number of thiazole rings is 1. The molecule has 1 heterocycles. The summed E-state index contributed by atoms with van der Waals surface area (Å²) in [4.78, 5) is 4.99. The Labute approximate surface area is 108 Å². The lowest BCUT2D eigenvalue weighted by atomic mass is 9.80. The van der Waals surface area contributed by atoms with Crippen molar-refractivity contribution in [2.75, 3.05) is 5.32 Å². The molecule has 0 radical (unpaired) electrons. The normalized spacial score (nSPS) is 10.3. The van der Waals surface area contributed by atoms with Gasteiger partial charge in [-0.05, 0) is 17.6 Å². The molecule has 2 rings (SSSR count). The van der Waals surface area contributed by atoms with Gasteiger partial charge in [-0.2, -0.15) is 0 Å². The molecule has 88 valence electrons. The van der Waals surface area contributed by atoms with Crippen LogP contribution in [0.2, 0.25) is 4.47 Å². The lowest BCUT2D eigenvalue weighted by molar-refractivity contribution is 0.426. The van der Waals surface area contributed by atoms with Crippen LogP contribution >= 0.6 is 22.9 Å². The van der Waals surface area contributed by atoms with E-state index in [1.54, 1.807) is 30.5 Å². The van der Waals surface area contributed by atoms with E-state index in [9.17, 15) is 0 Å². The van der Waals surface area contributed by atoms with Crippen molar-refractivity contribution in [3.63, 3.8) is 0 Å². The molecule has 17 heavy (non-hydrogen) atoms. The summed E-state index contributed by atoms with van der Waals surface area (Å²) in [7, 11) is -1.43. The van der Waals surface area contributed by atoms with E-state index in [-0.39, 0.29) is 0 Å². The highest BCUT2D eigenvalue weighted by Crippen LogP contribution is 2.18. The van der Waals surface area contributed by atoms with Gasteiger partial charge in [-0.15, -0.1) is 11.3 Å². The molecule has 0 amide bonds. The highest BCUT2D eigenvalue weighted by Gasteiger charge is 2.09. The molecule has 7 heteroatoms. The summed E-state index contributed by atoms with van der Waals surface area (Å²) < 4.78 is 0.528. The van der Waals surface area contributed by atoms with Gasteiger partial charge >= 0.3 is 7.12 Å². The maximum Gasteiger partial charge on any atom is 0.488 e. The Balaban J connectivity index is 1.95. The number of nitrogens with one attached hydrogen (secondary N) is 1. The van der Waals surface area contributed by atoms with Crippen molar-refractivity contribution in [2.45, 2.75) is 6.54 Å². The van der Waals surface area contributed by atoms with Crippen molar-refractivity contribution in [2.24, 2.45) is 0 Å². The summed E-state index contributed by atoms with van der Waals surface area (Å²) in [5.74, 6) is 0. The van der Waals surface area contributed by atoms with E-state index in [0.717, 1.165) is 10.6 Å². The molecule has 0 spiro atoms. The van der Waals surface area contributed by atoms with Crippen LogP contribution < -0.4 is 10.8 Å². The molecular formula is C10H10BClN2O2S. The first-order valence-electron chi connectivity index (χ1n) is 4.95. The Morgan fingerprint density at radius 1 is 1.29 bits per heavy atom. The van der Waals surface area contributed by atoms with Crippen LogP contribution in [0.4, 0.5) is 5.69 Å². The number of benzene rings is 1. The van der Waals surface area contributed by atoms with Crippen molar-refractivity contribution in [3.8, 4) is 0 Å². The van der Waals surface area contributed by atoms with Gasteiger partial charge < -0.3 is 15.4 Å². The zero-order valence-electron chi connectivity index (χ0n) is 8.80. The zero-order chi connectivity index (χ0) is 12.3. The fraction of sp³-hybridized carbons (Fsp3) is 0.100. The summed E-state index contributed by atoms with van der Waals surface area (Å²) in [5.41, 5.74) is 1.37. The van der Waals surface area contributed by atoms with Crippen molar-refractivity contribution < 1.29 is 10.0 Å². The first-order valence-corrected chi connectivity index (χ1v) is 6.15. The van der Waals surface area contributed by atoms with Gasteiger partial charge in [0.05, 0.1) is 6.54 Å². The van der Waals surface area contributed by atoms with Crippen molar-refractivity contribution >= 4 is 41.2 Å². The predicted octanol–water partition coefficient (Wildman–Crippen LogP) is 1.09. The second kappa shape index (κ2) is 5.51. The summed E-state index contributed by atoms with van der Waals surface area (Å²) in [5, 5.41) is 21.1. The van der Waals surface area contributed by atoms with E-state index in [2.05, 4.69) is 10.3 Å². The van der Waals surface area contributed by atoms with E-state index >= 15 is 0 Å². The Bertz CT molecular complexity index is 489. The molecule has 0 saturated heterocycles. The summed E-state index contributed by atoms with van der Waals surface area (Å²) in [6.45, 7) is 0.644. The second-order valence-electron chi connectivity index (χ2n) is 3.43. The Hall–Kier alpha value is -1.08. The minimum Gasteiger partial charge on any atom is -0.423 e. The molecule has 0 aliphatic carbocycles. The van der Waals surface area contributed by atoms with Crippen molar-refractivity contribution in [3.05, 3.63) is 39.8 Å². The van der Waals surface area contributed by atoms with Gasteiger partial charge in [0.2, 0.25) is 0 Å². The van der Waals surface area contributed by atoms with E-state index in [1.807, 2.05) is 0 Å². The van der Waals surface area contributed by atoms with Crippen LogP contribution in [0.15, 0.2) is 30.5 Å². The van der Waals surface area contributed by atoms with E-state index in [1.165, 1.54) is 11.3 Å². The van der Waals surface area contributed by atoms with Crippen LogP contribution in [0.5, 0.6) is 0 Å². The van der Waals surface area contributed by atoms with Crippen LogP contribution in [0, 0.1) is 0 Å². The Morgan fingerprint density at radius 3 is 2.53 bits per heavy atom. The first-order chi connectivity index (χ1) is 8.15. The molecule has 1 aromatic carbocycles. The first kappa shape index (κ1) is 12.4. The molecular weight excluding hydrogens is 258 g/mol. The van der Waals surface area contributed by atoms with E-state index in [0.29, 0.717) is 16.5 Å². The molecule has 0 atom stereocenters. The quantitative estimate of drug-likeness (QED) is 0.726. The molecule has 0 fully saturated rings. The van der Waals surface area contributed by atoms with Crippen LogP contribution in [0.1, 0.15) is 4.88 Å². The smallest absolute Gasteiger partial charge is 0.423 e. The lowest BCUT2D eigenvalue weighted by Gasteiger charge is -2.05. The predicted molar refractivity (Wildman–Crippen MR) is 70.7 cm³/mol. The molecule has 4 nitrogen and oxygen atoms in total. The highest BCUT2D eigenvalue weighted by molar-refractivity contribution is 7.15. The fourth-order valence-corrected chi connectivity index (χ4v) is 2.25. The minimum absolute atomic E-state index is 0.469. The van der Waals surface area contributed by atoms with Gasteiger partial charge in [-0.25, -0.2) is 4.98 Å². The van der Waals surface area contributed by atoms with E-state index in [4.69, 9.17) is 21.6 Å². The number of hydrogen-bond donors (Lipinski definition) is 3. The molecule has 0 aliphatic heterocycles. The molecule has 1 aromatic heterocycles.